The third-order valence-corrected chi connectivity index (χ3v) is 2.55. The van der Waals surface area contributed by atoms with Gasteiger partial charge in [0.25, 0.3) is 0 Å². The summed E-state index contributed by atoms with van der Waals surface area (Å²) in [6.07, 6.45) is -0.709. The predicted molar refractivity (Wildman–Crippen MR) is 54.6 cm³/mol. The normalized spacial score (nSPS) is 12.9. The highest BCUT2D eigenvalue weighted by molar-refractivity contribution is 9.10. The molecule has 0 saturated heterocycles. The fraction of sp³-hybridized carbons (Fsp3) is 0.333. The molecule has 0 spiro atoms. The third kappa shape index (κ3) is 2.21. The molecular formula is C9H12BrNO2. The van der Waals surface area contributed by atoms with Crippen molar-refractivity contribution in [1.29, 1.82) is 0 Å². The number of benzene rings is 1. The van der Waals surface area contributed by atoms with E-state index in [1.165, 1.54) is 6.07 Å². The van der Waals surface area contributed by atoms with Crippen molar-refractivity contribution in [2.45, 2.75) is 13.0 Å². The average molecular weight is 246 g/mol. The molecule has 72 valence electrons. The van der Waals surface area contributed by atoms with Crippen molar-refractivity contribution < 1.29 is 10.2 Å². The van der Waals surface area contributed by atoms with Gasteiger partial charge in [0.05, 0.1) is 10.6 Å². The van der Waals surface area contributed by atoms with Crippen LogP contribution in [-0.2, 0) is 0 Å². The van der Waals surface area contributed by atoms with Crippen LogP contribution in [0.5, 0.6) is 5.75 Å². The Bertz CT molecular complexity index is 315. The molecule has 13 heavy (non-hydrogen) atoms. The van der Waals surface area contributed by atoms with Crippen molar-refractivity contribution in [2.24, 2.45) is 5.73 Å². The molecule has 4 N–H and O–H groups in total. The maximum atomic E-state index is 9.47. The van der Waals surface area contributed by atoms with E-state index in [1.807, 2.05) is 6.92 Å². The van der Waals surface area contributed by atoms with Crippen molar-refractivity contribution in [3.05, 3.63) is 27.7 Å². The molecule has 1 aromatic carbocycles. The molecule has 1 atom stereocenters. The molecule has 1 rings (SSSR count). The molecule has 1 aromatic rings. The molecule has 3 nitrogen and oxygen atoms in total. The lowest BCUT2D eigenvalue weighted by molar-refractivity contribution is 0.185. The fourth-order valence-corrected chi connectivity index (χ4v) is 1.62. The third-order valence-electron chi connectivity index (χ3n) is 1.92. The van der Waals surface area contributed by atoms with Crippen molar-refractivity contribution in [3.63, 3.8) is 0 Å². The molecule has 1 unspecified atom stereocenters. The lowest BCUT2D eigenvalue weighted by Gasteiger charge is -2.12. The van der Waals surface area contributed by atoms with Crippen LogP contribution in [0.4, 0.5) is 0 Å². The first-order valence-electron chi connectivity index (χ1n) is 3.93. The quantitative estimate of drug-likeness (QED) is 0.739. The Balaban J connectivity index is 3.15. The molecule has 0 aliphatic rings. The van der Waals surface area contributed by atoms with Gasteiger partial charge in [-0.05, 0) is 46.1 Å². The van der Waals surface area contributed by atoms with E-state index < -0.39 is 6.10 Å². The van der Waals surface area contributed by atoms with Crippen LogP contribution in [-0.4, -0.2) is 16.8 Å². The Kier molecular flexibility index (Phi) is 3.30. The zero-order valence-corrected chi connectivity index (χ0v) is 8.87. The van der Waals surface area contributed by atoms with Gasteiger partial charge in [0, 0.05) is 6.54 Å². The fourth-order valence-electron chi connectivity index (χ4n) is 1.16. The maximum absolute atomic E-state index is 9.47. The van der Waals surface area contributed by atoms with E-state index >= 15 is 0 Å². The van der Waals surface area contributed by atoms with Gasteiger partial charge in [0.2, 0.25) is 0 Å². The van der Waals surface area contributed by atoms with Gasteiger partial charge in [-0.15, -0.1) is 0 Å². The Hall–Kier alpha value is -0.580. The molecule has 0 amide bonds. The van der Waals surface area contributed by atoms with Gasteiger partial charge in [-0.2, -0.15) is 0 Å². The second kappa shape index (κ2) is 4.09. The van der Waals surface area contributed by atoms with E-state index in [4.69, 9.17) is 5.73 Å². The minimum Gasteiger partial charge on any atom is -0.507 e. The van der Waals surface area contributed by atoms with Crippen LogP contribution >= 0.6 is 15.9 Å². The number of nitrogens with two attached hydrogens (primary N) is 1. The van der Waals surface area contributed by atoms with Crippen LogP contribution in [0.3, 0.4) is 0 Å². The Morgan fingerprint density at radius 3 is 2.69 bits per heavy atom. The van der Waals surface area contributed by atoms with Gasteiger partial charge in [-0.1, -0.05) is 0 Å². The van der Waals surface area contributed by atoms with E-state index in [0.29, 0.717) is 10.0 Å². The number of phenols is 1. The summed E-state index contributed by atoms with van der Waals surface area (Å²) in [5.74, 6) is 0.119. The molecule has 0 fully saturated rings. The number of phenolic OH excluding ortho intramolecular Hbond substituents is 1. The van der Waals surface area contributed by atoms with Crippen molar-refractivity contribution >= 4 is 15.9 Å². The van der Waals surface area contributed by atoms with E-state index in [1.54, 1.807) is 6.07 Å². The van der Waals surface area contributed by atoms with E-state index in [0.717, 1.165) is 5.56 Å². The highest BCUT2D eigenvalue weighted by atomic mass is 79.9. The van der Waals surface area contributed by atoms with Crippen LogP contribution in [0.15, 0.2) is 16.6 Å². The number of hydrogen-bond acceptors (Lipinski definition) is 3. The van der Waals surface area contributed by atoms with Crippen LogP contribution < -0.4 is 5.73 Å². The minimum atomic E-state index is -0.709. The Morgan fingerprint density at radius 1 is 1.54 bits per heavy atom. The number of aliphatic hydroxyl groups excluding tert-OH is 1. The molecule has 0 aromatic heterocycles. The van der Waals surface area contributed by atoms with Crippen molar-refractivity contribution in [2.75, 3.05) is 6.54 Å². The smallest absolute Gasteiger partial charge is 0.130 e. The van der Waals surface area contributed by atoms with Crippen LogP contribution in [0.1, 0.15) is 17.2 Å². The predicted octanol–water partition coefficient (Wildman–Crippen LogP) is 1.46. The zero-order chi connectivity index (χ0) is 10.0. The second-order valence-corrected chi connectivity index (χ2v) is 3.77. The minimum absolute atomic E-state index is 0.119. The number of halogens is 1. The van der Waals surface area contributed by atoms with Gasteiger partial charge in [0.15, 0.2) is 0 Å². The van der Waals surface area contributed by atoms with Gasteiger partial charge in [-0.3, -0.25) is 0 Å². The lowest BCUT2D eigenvalue weighted by Crippen LogP contribution is -2.12. The molecule has 0 aliphatic heterocycles. The number of aliphatic hydroxyl groups is 1. The van der Waals surface area contributed by atoms with E-state index in [2.05, 4.69) is 15.9 Å². The highest BCUT2D eigenvalue weighted by Crippen LogP contribution is 2.29. The SMILES string of the molecule is Cc1cc(Br)c(O)cc1C(O)CN. The maximum Gasteiger partial charge on any atom is 0.130 e. The summed E-state index contributed by atoms with van der Waals surface area (Å²) in [5.41, 5.74) is 6.89. The first kappa shape index (κ1) is 10.5. The van der Waals surface area contributed by atoms with Crippen LogP contribution in [0, 0.1) is 6.92 Å². The van der Waals surface area contributed by atoms with E-state index in [-0.39, 0.29) is 12.3 Å². The van der Waals surface area contributed by atoms with Crippen LogP contribution in [0.25, 0.3) is 0 Å². The summed E-state index contributed by atoms with van der Waals surface area (Å²) in [6, 6.07) is 3.28. The monoisotopic (exact) mass is 245 g/mol. The molecule has 0 radical (unpaired) electrons. The van der Waals surface area contributed by atoms with E-state index in [9.17, 15) is 10.2 Å². The van der Waals surface area contributed by atoms with Gasteiger partial charge in [-0.25, -0.2) is 0 Å². The summed E-state index contributed by atoms with van der Waals surface area (Å²) in [6.45, 7) is 2.01. The Morgan fingerprint density at radius 2 is 2.15 bits per heavy atom. The first-order valence-corrected chi connectivity index (χ1v) is 4.72. The van der Waals surface area contributed by atoms with Crippen molar-refractivity contribution in [3.8, 4) is 5.75 Å². The number of aromatic hydroxyl groups is 1. The lowest BCUT2D eigenvalue weighted by atomic mass is 10.0. The average Bonchev–Trinajstić information content (AvgIpc) is 2.10. The first-order chi connectivity index (χ1) is 6.06. The van der Waals surface area contributed by atoms with Crippen LogP contribution in [0.2, 0.25) is 0 Å². The standard InChI is InChI=1S/C9H12BrNO2/c1-5-2-7(10)8(12)3-6(5)9(13)4-11/h2-3,9,12-13H,4,11H2,1H3. The van der Waals surface area contributed by atoms with Gasteiger partial charge < -0.3 is 15.9 Å². The topological polar surface area (TPSA) is 66.5 Å². The molecule has 0 bridgehead atoms. The molecular weight excluding hydrogens is 234 g/mol. The summed E-state index contributed by atoms with van der Waals surface area (Å²) in [7, 11) is 0. The summed E-state index contributed by atoms with van der Waals surface area (Å²) in [5, 5.41) is 18.8. The second-order valence-electron chi connectivity index (χ2n) is 2.91. The molecule has 0 heterocycles. The summed E-state index contributed by atoms with van der Waals surface area (Å²) in [4.78, 5) is 0. The molecule has 4 heteroatoms. The summed E-state index contributed by atoms with van der Waals surface area (Å²) >= 11 is 3.19. The highest BCUT2D eigenvalue weighted by Gasteiger charge is 2.11. The van der Waals surface area contributed by atoms with Gasteiger partial charge in [0.1, 0.15) is 5.75 Å². The molecule has 0 aliphatic carbocycles. The van der Waals surface area contributed by atoms with Crippen molar-refractivity contribution in [1.82, 2.24) is 0 Å². The number of rotatable bonds is 2. The largest absolute Gasteiger partial charge is 0.507 e. The molecule has 0 saturated carbocycles. The number of hydrogen-bond donors (Lipinski definition) is 3. The number of aryl methyl sites for hydroxylation is 1. The Labute approximate surface area is 85.3 Å². The zero-order valence-electron chi connectivity index (χ0n) is 7.29. The summed E-state index contributed by atoms with van der Waals surface area (Å²) < 4.78 is 0.623. The van der Waals surface area contributed by atoms with Gasteiger partial charge >= 0.3 is 0 Å².